The van der Waals surface area contributed by atoms with Crippen molar-refractivity contribution < 1.29 is 9.53 Å². The molecule has 0 spiro atoms. The Labute approximate surface area is 128 Å². The predicted molar refractivity (Wildman–Crippen MR) is 86.1 cm³/mol. The fourth-order valence-corrected chi connectivity index (χ4v) is 3.56. The van der Waals surface area contributed by atoms with Crippen LogP contribution in [0.3, 0.4) is 0 Å². The van der Waals surface area contributed by atoms with E-state index in [1.165, 1.54) is 18.1 Å². The molecule has 0 saturated heterocycles. The molecule has 0 heterocycles. The van der Waals surface area contributed by atoms with Gasteiger partial charge in [0, 0.05) is 12.0 Å². The van der Waals surface area contributed by atoms with Gasteiger partial charge in [0.05, 0.1) is 0 Å². The molecule has 1 aliphatic carbocycles. The average molecular weight is 286 g/mol. The van der Waals surface area contributed by atoms with Crippen molar-refractivity contribution in [2.75, 3.05) is 0 Å². The molecule has 114 valence electrons. The summed E-state index contributed by atoms with van der Waals surface area (Å²) in [5.74, 6) is 0.651. The monoisotopic (exact) mass is 286 g/mol. The molecule has 2 nitrogen and oxygen atoms in total. The van der Waals surface area contributed by atoms with Crippen LogP contribution in [0.5, 0.6) is 0 Å². The van der Waals surface area contributed by atoms with Gasteiger partial charge in [0.1, 0.15) is 6.10 Å². The molecular weight excluding hydrogens is 260 g/mol. The molecule has 1 aromatic carbocycles. The number of hydrogen-bond acceptors (Lipinski definition) is 2. The average Bonchev–Trinajstić information content (AvgIpc) is 2.48. The van der Waals surface area contributed by atoms with Crippen LogP contribution in [0.4, 0.5) is 0 Å². The molecule has 0 aliphatic heterocycles. The Morgan fingerprint density at radius 2 is 1.95 bits per heavy atom. The summed E-state index contributed by atoms with van der Waals surface area (Å²) in [5, 5.41) is 0. The molecule has 0 amide bonds. The predicted octanol–water partition coefficient (Wildman–Crippen LogP) is 4.50. The quantitative estimate of drug-likeness (QED) is 0.602. The molecule has 0 bridgehead atoms. The highest BCUT2D eigenvalue weighted by Crippen LogP contribution is 2.43. The largest absolute Gasteiger partial charge is 0.459 e. The van der Waals surface area contributed by atoms with E-state index >= 15 is 0 Å². The lowest BCUT2D eigenvalue weighted by atomic mass is 9.64. The summed E-state index contributed by atoms with van der Waals surface area (Å²) in [6, 6.07) is 10.5. The summed E-state index contributed by atoms with van der Waals surface area (Å²) in [4.78, 5) is 11.7. The van der Waals surface area contributed by atoms with Crippen molar-refractivity contribution in [3.05, 3.63) is 48.6 Å². The Kier molecular flexibility index (Phi) is 4.87. The lowest BCUT2D eigenvalue weighted by Crippen LogP contribution is -2.43. The molecule has 2 rings (SSSR count). The fourth-order valence-electron chi connectivity index (χ4n) is 3.56. The van der Waals surface area contributed by atoms with Crippen molar-refractivity contribution in [2.45, 2.75) is 51.6 Å². The zero-order valence-corrected chi connectivity index (χ0v) is 13.3. The van der Waals surface area contributed by atoms with Crippen LogP contribution in [0.25, 0.3) is 0 Å². The number of hydrogen-bond donors (Lipinski definition) is 0. The molecule has 3 atom stereocenters. The molecule has 0 aromatic heterocycles. The third kappa shape index (κ3) is 3.55. The van der Waals surface area contributed by atoms with Crippen LogP contribution in [0, 0.1) is 11.8 Å². The highest BCUT2D eigenvalue weighted by Gasteiger charge is 2.41. The van der Waals surface area contributed by atoms with Crippen LogP contribution < -0.4 is 0 Å². The Hall–Kier alpha value is -1.57. The van der Waals surface area contributed by atoms with Gasteiger partial charge in [-0.05, 0) is 29.7 Å². The third-order valence-corrected chi connectivity index (χ3v) is 4.93. The van der Waals surface area contributed by atoms with Crippen molar-refractivity contribution in [3.8, 4) is 0 Å². The third-order valence-electron chi connectivity index (χ3n) is 4.93. The van der Waals surface area contributed by atoms with Gasteiger partial charge in [-0.15, -0.1) is 0 Å². The molecule has 1 aliphatic rings. The Bertz CT molecular complexity index is 490. The van der Waals surface area contributed by atoms with E-state index in [2.05, 4.69) is 51.6 Å². The van der Waals surface area contributed by atoms with Crippen LogP contribution in [0.2, 0.25) is 0 Å². The number of benzene rings is 1. The maximum Gasteiger partial charge on any atom is 0.330 e. The second-order valence-corrected chi connectivity index (χ2v) is 6.79. The Morgan fingerprint density at radius 1 is 1.29 bits per heavy atom. The highest BCUT2D eigenvalue weighted by molar-refractivity contribution is 5.81. The molecule has 1 saturated carbocycles. The van der Waals surface area contributed by atoms with Gasteiger partial charge in [-0.1, -0.05) is 64.1 Å². The van der Waals surface area contributed by atoms with E-state index in [0.29, 0.717) is 11.8 Å². The second-order valence-electron chi connectivity index (χ2n) is 6.79. The van der Waals surface area contributed by atoms with E-state index in [0.717, 1.165) is 12.8 Å². The van der Waals surface area contributed by atoms with E-state index in [1.807, 2.05) is 6.07 Å². The van der Waals surface area contributed by atoms with Crippen LogP contribution >= 0.6 is 0 Å². The van der Waals surface area contributed by atoms with Gasteiger partial charge in [-0.2, -0.15) is 0 Å². The number of carbonyl (C=O) groups is 1. The highest BCUT2D eigenvalue weighted by atomic mass is 16.5. The molecule has 0 radical (unpaired) electrons. The molecule has 0 unspecified atom stereocenters. The van der Waals surface area contributed by atoms with E-state index in [-0.39, 0.29) is 17.5 Å². The SMILES string of the molecule is C=CC(=O)O[C@H]1C[C@H](C)CC[C@H]1C(C)(C)c1ccccc1. The van der Waals surface area contributed by atoms with Crippen LogP contribution in [0.15, 0.2) is 43.0 Å². The Morgan fingerprint density at radius 3 is 2.57 bits per heavy atom. The maximum atomic E-state index is 11.7. The van der Waals surface area contributed by atoms with Gasteiger partial charge < -0.3 is 4.74 Å². The van der Waals surface area contributed by atoms with Gasteiger partial charge in [0.2, 0.25) is 0 Å². The van der Waals surface area contributed by atoms with Crippen molar-refractivity contribution in [3.63, 3.8) is 0 Å². The Balaban J connectivity index is 2.25. The lowest BCUT2D eigenvalue weighted by molar-refractivity contribution is -0.150. The molecule has 1 aromatic rings. The summed E-state index contributed by atoms with van der Waals surface area (Å²) in [6.07, 6.45) is 4.49. The van der Waals surface area contributed by atoms with Gasteiger partial charge in [-0.25, -0.2) is 4.79 Å². The van der Waals surface area contributed by atoms with Gasteiger partial charge in [0.15, 0.2) is 0 Å². The molecule has 0 N–H and O–H groups in total. The van der Waals surface area contributed by atoms with Crippen molar-refractivity contribution in [2.24, 2.45) is 11.8 Å². The van der Waals surface area contributed by atoms with Crippen molar-refractivity contribution in [1.29, 1.82) is 0 Å². The minimum Gasteiger partial charge on any atom is -0.459 e. The normalized spacial score (nSPS) is 26.1. The topological polar surface area (TPSA) is 26.3 Å². The number of carbonyl (C=O) groups excluding carboxylic acids is 1. The van der Waals surface area contributed by atoms with Gasteiger partial charge in [0.25, 0.3) is 0 Å². The first-order valence-electron chi connectivity index (χ1n) is 7.83. The maximum absolute atomic E-state index is 11.7. The lowest BCUT2D eigenvalue weighted by Gasteiger charge is -2.43. The first-order chi connectivity index (χ1) is 9.95. The summed E-state index contributed by atoms with van der Waals surface area (Å²) in [6.45, 7) is 10.3. The second kappa shape index (κ2) is 6.46. The standard InChI is InChI=1S/C19H26O2/c1-5-18(20)21-17-13-14(2)11-12-16(17)19(3,4)15-9-7-6-8-10-15/h5-10,14,16-17H,1,11-13H2,2-4H3/t14-,16-,17+/m1/s1. The van der Waals surface area contributed by atoms with E-state index in [1.54, 1.807) is 0 Å². The summed E-state index contributed by atoms with van der Waals surface area (Å²) in [5.41, 5.74) is 1.30. The smallest absolute Gasteiger partial charge is 0.330 e. The zero-order chi connectivity index (χ0) is 15.5. The summed E-state index contributed by atoms with van der Waals surface area (Å²) >= 11 is 0. The molecule has 2 heteroatoms. The zero-order valence-electron chi connectivity index (χ0n) is 13.3. The van der Waals surface area contributed by atoms with E-state index in [9.17, 15) is 4.79 Å². The van der Waals surface area contributed by atoms with Crippen LogP contribution in [-0.4, -0.2) is 12.1 Å². The fraction of sp³-hybridized carbons (Fsp3) is 0.526. The van der Waals surface area contributed by atoms with Crippen molar-refractivity contribution >= 4 is 5.97 Å². The first kappa shape index (κ1) is 15.8. The minimum atomic E-state index is -0.303. The molecular formula is C19H26O2. The van der Waals surface area contributed by atoms with E-state index < -0.39 is 0 Å². The number of rotatable bonds is 4. The van der Waals surface area contributed by atoms with Crippen LogP contribution in [0.1, 0.15) is 45.6 Å². The molecule has 1 fully saturated rings. The van der Waals surface area contributed by atoms with Gasteiger partial charge >= 0.3 is 5.97 Å². The minimum absolute atomic E-state index is 0.00643. The molecule has 21 heavy (non-hydrogen) atoms. The number of esters is 1. The summed E-state index contributed by atoms with van der Waals surface area (Å²) in [7, 11) is 0. The summed E-state index contributed by atoms with van der Waals surface area (Å²) < 4.78 is 5.67. The number of ether oxygens (including phenoxy) is 1. The van der Waals surface area contributed by atoms with Gasteiger partial charge in [-0.3, -0.25) is 0 Å². The van der Waals surface area contributed by atoms with Crippen molar-refractivity contribution in [1.82, 2.24) is 0 Å². The first-order valence-corrected chi connectivity index (χ1v) is 7.83. The van der Waals surface area contributed by atoms with Crippen LogP contribution in [-0.2, 0) is 14.9 Å². The van der Waals surface area contributed by atoms with E-state index in [4.69, 9.17) is 4.74 Å².